The normalized spacial score (nSPS) is 25.1. The van der Waals surface area contributed by atoms with Gasteiger partial charge in [0, 0.05) is 38.3 Å². The van der Waals surface area contributed by atoms with Crippen LogP contribution in [0, 0.1) is 26.7 Å². The summed E-state index contributed by atoms with van der Waals surface area (Å²) in [6.07, 6.45) is 3.33. The molecule has 3 heterocycles. The van der Waals surface area contributed by atoms with Crippen molar-refractivity contribution in [3.05, 3.63) is 64.5 Å². The fourth-order valence-corrected chi connectivity index (χ4v) is 4.57. The van der Waals surface area contributed by atoms with Gasteiger partial charge < -0.3 is 10.0 Å². The van der Waals surface area contributed by atoms with E-state index < -0.39 is 5.60 Å². The lowest BCUT2D eigenvalue weighted by Crippen LogP contribution is -2.45. The number of pyridine rings is 1. The number of likely N-dealkylation sites (tertiary alicyclic amines) is 1. The van der Waals surface area contributed by atoms with E-state index in [9.17, 15) is 5.11 Å². The van der Waals surface area contributed by atoms with E-state index in [1.807, 2.05) is 25.3 Å². The Morgan fingerprint density at radius 3 is 2.57 bits per heavy atom. The predicted octanol–water partition coefficient (Wildman–Crippen LogP) is 2.76. The van der Waals surface area contributed by atoms with Gasteiger partial charge in [0.05, 0.1) is 11.7 Å². The van der Waals surface area contributed by atoms with Crippen molar-refractivity contribution in [2.24, 2.45) is 5.92 Å². The molecule has 2 saturated heterocycles. The van der Waals surface area contributed by atoms with Crippen LogP contribution in [0.4, 0.5) is 0 Å². The van der Waals surface area contributed by atoms with Crippen molar-refractivity contribution in [1.29, 1.82) is 0 Å². The first-order valence-corrected chi connectivity index (χ1v) is 10.4. The highest BCUT2D eigenvalue weighted by Gasteiger charge is 2.37. The molecule has 28 heavy (non-hydrogen) atoms. The van der Waals surface area contributed by atoms with Crippen molar-refractivity contribution in [2.45, 2.75) is 45.3 Å². The number of benzene rings is 1. The van der Waals surface area contributed by atoms with Gasteiger partial charge in [0.15, 0.2) is 0 Å². The van der Waals surface area contributed by atoms with Gasteiger partial charge in [-0.3, -0.25) is 10.4 Å². The van der Waals surface area contributed by atoms with Crippen molar-refractivity contribution in [3.63, 3.8) is 0 Å². The van der Waals surface area contributed by atoms with E-state index in [1.165, 1.54) is 16.7 Å². The molecule has 0 amide bonds. The summed E-state index contributed by atoms with van der Waals surface area (Å²) in [6, 6.07) is 11.1. The number of nitrogens with one attached hydrogen (secondary N) is 2. The van der Waals surface area contributed by atoms with Crippen LogP contribution in [-0.4, -0.2) is 41.2 Å². The third kappa shape index (κ3) is 3.98. The van der Waals surface area contributed by atoms with Gasteiger partial charge in [-0.1, -0.05) is 29.8 Å². The van der Waals surface area contributed by atoms with Gasteiger partial charge in [-0.25, -0.2) is 5.43 Å². The Labute approximate surface area is 168 Å². The maximum Gasteiger partial charge on any atom is 0.109 e. The zero-order valence-electron chi connectivity index (χ0n) is 17.2. The maximum atomic E-state index is 11.1. The molecular formula is C23H32N4O. The molecule has 0 radical (unpaired) electrons. The molecule has 150 valence electrons. The summed E-state index contributed by atoms with van der Waals surface area (Å²) in [4.78, 5) is 6.98. The molecule has 0 aliphatic carbocycles. The quantitative estimate of drug-likeness (QED) is 0.761. The minimum absolute atomic E-state index is 0.333. The lowest BCUT2D eigenvalue weighted by Gasteiger charge is -2.39. The van der Waals surface area contributed by atoms with Gasteiger partial charge in [-0.15, -0.1) is 0 Å². The number of hydrazine groups is 1. The lowest BCUT2D eigenvalue weighted by atomic mass is 9.86. The zero-order valence-corrected chi connectivity index (χ0v) is 17.2. The van der Waals surface area contributed by atoms with Gasteiger partial charge in [0.25, 0.3) is 0 Å². The Kier molecular flexibility index (Phi) is 5.52. The average molecular weight is 381 g/mol. The van der Waals surface area contributed by atoms with Gasteiger partial charge in [-0.05, 0) is 56.4 Å². The molecule has 5 nitrogen and oxygen atoms in total. The smallest absolute Gasteiger partial charge is 0.109 e. The Balaban J connectivity index is 1.40. The summed E-state index contributed by atoms with van der Waals surface area (Å²) in [5, 5.41) is 11.1. The number of hydrogen-bond donors (Lipinski definition) is 3. The van der Waals surface area contributed by atoms with Crippen molar-refractivity contribution < 1.29 is 5.11 Å². The van der Waals surface area contributed by atoms with Crippen LogP contribution in [-0.2, 0) is 5.60 Å². The van der Waals surface area contributed by atoms with Crippen LogP contribution in [0.1, 0.15) is 46.8 Å². The van der Waals surface area contributed by atoms with Crippen molar-refractivity contribution in [2.75, 3.05) is 26.2 Å². The van der Waals surface area contributed by atoms with E-state index in [4.69, 9.17) is 0 Å². The molecule has 2 aliphatic rings. The fourth-order valence-electron chi connectivity index (χ4n) is 4.57. The standard InChI is InChI=1S/C23H32N4O/c1-16-4-6-18(3)20(12-16)22-19(14-25-26-22)15-27-10-8-23(28,9-11-27)21-7-5-17(2)13-24-21/h4-7,12-13,19,22,25-26,28H,8-11,14-15H2,1-3H3. The number of piperidine rings is 1. The topological polar surface area (TPSA) is 60.4 Å². The first kappa shape index (κ1) is 19.5. The van der Waals surface area contributed by atoms with Crippen molar-refractivity contribution in [3.8, 4) is 0 Å². The number of rotatable bonds is 4. The molecule has 1 aromatic heterocycles. The molecule has 1 aromatic carbocycles. The predicted molar refractivity (Wildman–Crippen MR) is 112 cm³/mol. The van der Waals surface area contributed by atoms with E-state index in [0.717, 1.165) is 50.3 Å². The molecular weight excluding hydrogens is 348 g/mol. The molecule has 2 atom stereocenters. The molecule has 0 spiro atoms. The van der Waals surface area contributed by atoms with Gasteiger partial charge >= 0.3 is 0 Å². The van der Waals surface area contributed by atoms with Crippen LogP contribution in [0.25, 0.3) is 0 Å². The van der Waals surface area contributed by atoms with E-state index in [0.29, 0.717) is 12.0 Å². The van der Waals surface area contributed by atoms with E-state index in [1.54, 1.807) is 0 Å². The van der Waals surface area contributed by atoms with E-state index in [-0.39, 0.29) is 0 Å². The monoisotopic (exact) mass is 380 g/mol. The Hall–Kier alpha value is -1.79. The molecule has 2 aliphatic heterocycles. The Bertz CT molecular complexity index is 812. The molecule has 0 saturated carbocycles. The molecule has 0 bridgehead atoms. The second kappa shape index (κ2) is 7.91. The maximum absolute atomic E-state index is 11.1. The second-order valence-corrected chi connectivity index (χ2v) is 8.68. The lowest BCUT2D eigenvalue weighted by molar-refractivity contribution is -0.0321. The molecule has 5 heteroatoms. The van der Waals surface area contributed by atoms with E-state index in [2.05, 4.69) is 52.8 Å². The SMILES string of the molecule is Cc1ccc(C2(O)CCN(CC3CNNC3c3cc(C)ccc3C)CC2)nc1. The molecule has 2 fully saturated rings. The zero-order chi connectivity index (χ0) is 19.7. The highest BCUT2D eigenvalue weighted by molar-refractivity contribution is 5.34. The number of aliphatic hydroxyl groups is 1. The first-order chi connectivity index (χ1) is 13.4. The number of aromatic nitrogens is 1. The largest absolute Gasteiger partial charge is 0.383 e. The molecule has 4 rings (SSSR count). The van der Waals surface area contributed by atoms with Crippen LogP contribution >= 0.6 is 0 Å². The van der Waals surface area contributed by atoms with Gasteiger partial charge in [0.2, 0.25) is 0 Å². The Morgan fingerprint density at radius 2 is 1.86 bits per heavy atom. The van der Waals surface area contributed by atoms with Crippen molar-refractivity contribution in [1.82, 2.24) is 20.7 Å². The summed E-state index contributed by atoms with van der Waals surface area (Å²) < 4.78 is 0. The first-order valence-electron chi connectivity index (χ1n) is 10.4. The number of nitrogens with zero attached hydrogens (tertiary/aromatic N) is 2. The summed E-state index contributed by atoms with van der Waals surface area (Å²) in [6.45, 7) is 10.2. The summed E-state index contributed by atoms with van der Waals surface area (Å²) in [5.74, 6) is 0.518. The number of hydrogen-bond acceptors (Lipinski definition) is 5. The van der Waals surface area contributed by atoms with Gasteiger partial charge in [0.1, 0.15) is 5.60 Å². The average Bonchev–Trinajstić information content (AvgIpc) is 3.14. The third-order valence-corrected chi connectivity index (χ3v) is 6.43. The highest BCUT2D eigenvalue weighted by Crippen LogP contribution is 2.34. The van der Waals surface area contributed by atoms with Crippen LogP contribution in [0.3, 0.4) is 0 Å². The van der Waals surface area contributed by atoms with Crippen LogP contribution in [0.2, 0.25) is 0 Å². The minimum atomic E-state index is -0.789. The molecule has 2 aromatic rings. The summed E-state index contributed by atoms with van der Waals surface area (Å²) in [7, 11) is 0. The van der Waals surface area contributed by atoms with Crippen LogP contribution in [0.15, 0.2) is 36.5 Å². The van der Waals surface area contributed by atoms with Crippen LogP contribution < -0.4 is 10.9 Å². The van der Waals surface area contributed by atoms with Crippen molar-refractivity contribution >= 4 is 0 Å². The minimum Gasteiger partial charge on any atom is -0.383 e. The van der Waals surface area contributed by atoms with Gasteiger partial charge in [-0.2, -0.15) is 0 Å². The summed E-state index contributed by atoms with van der Waals surface area (Å²) in [5.41, 5.74) is 12.1. The van der Waals surface area contributed by atoms with Crippen LogP contribution in [0.5, 0.6) is 0 Å². The summed E-state index contributed by atoms with van der Waals surface area (Å²) >= 11 is 0. The molecule has 3 N–H and O–H groups in total. The molecule has 2 unspecified atom stereocenters. The van der Waals surface area contributed by atoms with E-state index >= 15 is 0 Å². The third-order valence-electron chi connectivity index (χ3n) is 6.43. The highest BCUT2D eigenvalue weighted by atomic mass is 16.3. The Morgan fingerprint density at radius 1 is 1.11 bits per heavy atom. The second-order valence-electron chi connectivity index (χ2n) is 8.68. The number of aryl methyl sites for hydroxylation is 3. The fraction of sp³-hybridized carbons (Fsp3) is 0.522.